The van der Waals surface area contributed by atoms with Crippen LogP contribution in [0.1, 0.15) is 59.3 Å². The van der Waals surface area contributed by atoms with E-state index in [4.69, 9.17) is 9.30 Å². The first-order chi connectivity index (χ1) is 12.6. The highest BCUT2D eigenvalue weighted by Crippen LogP contribution is 2.28. The summed E-state index contributed by atoms with van der Waals surface area (Å²) in [6, 6.07) is 13.1. The molecule has 0 saturated carbocycles. The molecular weight excluding hydrogens is 359 g/mol. The van der Waals surface area contributed by atoms with Crippen molar-refractivity contribution in [3.8, 4) is 0 Å². The van der Waals surface area contributed by atoms with Crippen molar-refractivity contribution in [2.24, 2.45) is 0 Å². The maximum atomic E-state index is 13.3. The molecule has 146 valence electrons. The number of rotatable bonds is 4. The number of ether oxygens (including phenoxy) is 1. The summed E-state index contributed by atoms with van der Waals surface area (Å²) in [6.45, 7) is 11.2. The summed E-state index contributed by atoms with van der Waals surface area (Å²) < 4.78 is 13.8. The summed E-state index contributed by atoms with van der Waals surface area (Å²) in [5, 5.41) is 0. The van der Waals surface area contributed by atoms with Crippen molar-refractivity contribution in [2.45, 2.75) is 53.1 Å². The van der Waals surface area contributed by atoms with Crippen molar-refractivity contribution < 1.29 is 18.9 Å². The second kappa shape index (κ2) is 9.66. The minimum Gasteiger partial charge on any atom is -0.459 e. The molecule has 2 aromatic rings. The SMILES string of the molecule is Cc1cc(C)c(C(=O)C(C(=O)OC(C)(C)C)c2ccccc2)c(C)c1.O=[PH3]. The van der Waals surface area contributed by atoms with Crippen LogP contribution in [0.5, 0.6) is 0 Å². The van der Waals surface area contributed by atoms with Crippen LogP contribution in [-0.4, -0.2) is 17.4 Å². The lowest BCUT2D eigenvalue weighted by molar-refractivity contribution is -0.155. The van der Waals surface area contributed by atoms with Gasteiger partial charge < -0.3 is 9.30 Å². The predicted octanol–water partition coefficient (Wildman–Crippen LogP) is 4.86. The Morgan fingerprint density at radius 1 is 0.926 bits per heavy atom. The van der Waals surface area contributed by atoms with Crippen molar-refractivity contribution >= 4 is 20.9 Å². The van der Waals surface area contributed by atoms with E-state index in [1.54, 1.807) is 32.9 Å². The van der Waals surface area contributed by atoms with Gasteiger partial charge in [0.05, 0.1) is 9.12 Å². The molecule has 27 heavy (non-hydrogen) atoms. The zero-order chi connectivity index (χ0) is 20.8. The number of ketones is 1. The van der Waals surface area contributed by atoms with Crippen molar-refractivity contribution in [2.75, 3.05) is 0 Å². The first-order valence-electron chi connectivity index (χ1n) is 8.79. The number of hydrogen-bond acceptors (Lipinski definition) is 4. The lowest BCUT2D eigenvalue weighted by atomic mass is 9.86. The number of carbonyl (C=O) groups excluding carboxylic acids is 2. The molecule has 5 heteroatoms. The number of aryl methyl sites for hydroxylation is 3. The first kappa shape index (κ1) is 22.9. The number of hydrogen-bond donors (Lipinski definition) is 0. The molecule has 0 aliphatic carbocycles. The molecule has 0 bridgehead atoms. The standard InChI is InChI=1S/C22H26O3.H3OP/c1-14-12-15(2)18(16(3)13-14)20(23)19(17-10-8-7-9-11-17)21(24)25-22(4,5)6;1-2/h7-13,19H,1-6H3;2H3. The van der Waals surface area contributed by atoms with Gasteiger partial charge in [0.15, 0.2) is 5.78 Å². The summed E-state index contributed by atoms with van der Waals surface area (Å²) in [5.74, 6) is -1.68. The summed E-state index contributed by atoms with van der Waals surface area (Å²) in [5.41, 5.74) is 3.47. The molecule has 0 amide bonds. The maximum absolute atomic E-state index is 13.3. The van der Waals surface area contributed by atoms with E-state index < -0.39 is 17.5 Å². The fraction of sp³-hybridized carbons (Fsp3) is 0.364. The molecule has 0 fully saturated rings. The minimum atomic E-state index is -0.958. The van der Waals surface area contributed by atoms with E-state index in [-0.39, 0.29) is 5.78 Å². The van der Waals surface area contributed by atoms with Crippen molar-refractivity contribution in [3.05, 3.63) is 70.3 Å². The molecule has 0 spiro atoms. The van der Waals surface area contributed by atoms with Gasteiger partial charge in [0, 0.05) is 5.56 Å². The molecule has 0 aliphatic heterocycles. The van der Waals surface area contributed by atoms with E-state index in [1.807, 2.05) is 51.1 Å². The molecule has 0 N–H and O–H groups in total. The van der Waals surface area contributed by atoms with Crippen LogP contribution in [0.4, 0.5) is 0 Å². The molecule has 2 rings (SSSR count). The fourth-order valence-corrected chi connectivity index (χ4v) is 3.11. The van der Waals surface area contributed by atoms with Gasteiger partial charge in [-0.15, -0.1) is 0 Å². The molecule has 4 nitrogen and oxygen atoms in total. The van der Waals surface area contributed by atoms with Crippen LogP contribution < -0.4 is 0 Å². The van der Waals surface area contributed by atoms with Crippen molar-refractivity contribution in [1.82, 2.24) is 0 Å². The Kier molecular flexibility index (Phi) is 8.18. The normalized spacial score (nSPS) is 11.9. The smallest absolute Gasteiger partial charge is 0.321 e. The third-order valence-corrected chi connectivity index (χ3v) is 3.96. The van der Waals surface area contributed by atoms with E-state index >= 15 is 0 Å². The number of benzene rings is 2. The molecule has 2 aromatic carbocycles. The molecule has 2 atom stereocenters. The molecule has 0 aliphatic rings. The molecule has 0 saturated heterocycles. The monoisotopic (exact) mass is 388 g/mol. The Morgan fingerprint density at radius 2 is 1.41 bits per heavy atom. The second-order valence-corrected chi connectivity index (χ2v) is 7.52. The van der Waals surface area contributed by atoms with Crippen LogP contribution in [0.2, 0.25) is 0 Å². The van der Waals surface area contributed by atoms with Gasteiger partial charge in [0.25, 0.3) is 0 Å². The summed E-state index contributed by atoms with van der Waals surface area (Å²) in [6.07, 6.45) is 0. The Bertz CT molecular complexity index is 784. The van der Waals surface area contributed by atoms with Crippen LogP contribution in [-0.2, 0) is 14.1 Å². The van der Waals surface area contributed by atoms with E-state index in [9.17, 15) is 9.59 Å². The topological polar surface area (TPSA) is 60.4 Å². The minimum absolute atomic E-state index is 0.213. The Balaban J connectivity index is 0.00000176. The summed E-state index contributed by atoms with van der Waals surface area (Å²) in [7, 11) is 0.611. The molecule has 2 unspecified atom stereocenters. The average Bonchev–Trinajstić information content (AvgIpc) is 2.55. The van der Waals surface area contributed by atoms with Gasteiger partial charge in [-0.2, -0.15) is 0 Å². The highest BCUT2D eigenvalue weighted by molar-refractivity contribution is 7.00. The van der Waals surface area contributed by atoms with Crippen LogP contribution in [0, 0.1) is 20.8 Å². The predicted molar refractivity (Wildman–Crippen MR) is 112 cm³/mol. The number of esters is 1. The lowest BCUT2D eigenvalue weighted by Gasteiger charge is -2.24. The number of carbonyl (C=O) groups is 2. The molecule has 0 aromatic heterocycles. The first-order valence-corrected chi connectivity index (χ1v) is 9.36. The third kappa shape index (κ3) is 6.18. The largest absolute Gasteiger partial charge is 0.459 e. The highest BCUT2D eigenvalue weighted by Gasteiger charge is 2.34. The zero-order valence-electron chi connectivity index (χ0n) is 17.0. The van der Waals surface area contributed by atoms with Crippen LogP contribution in [0.3, 0.4) is 0 Å². The Hall–Kier alpha value is -2.19. The Morgan fingerprint density at radius 3 is 1.85 bits per heavy atom. The third-order valence-electron chi connectivity index (χ3n) is 3.96. The van der Waals surface area contributed by atoms with Crippen LogP contribution in [0.25, 0.3) is 0 Å². The fourth-order valence-electron chi connectivity index (χ4n) is 3.11. The maximum Gasteiger partial charge on any atom is 0.321 e. The average molecular weight is 388 g/mol. The van der Waals surface area contributed by atoms with Gasteiger partial charge >= 0.3 is 5.97 Å². The van der Waals surface area contributed by atoms with Crippen molar-refractivity contribution in [1.29, 1.82) is 0 Å². The second-order valence-electron chi connectivity index (χ2n) is 7.52. The van der Waals surface area contributed by atoms with Gasteiger partial charge in [0.1, 0.15) is 11.5 Å². The lowest BCUT2D eigenvalue weighted by Crippen LogP contribution is -2.32. The van der Waals surface area contributed by atoms with E-state index in [0.717, 1.165) is 16.7 Å². The van der Waals surface area contributed by atoms with Gasteiger partial charge in [-0.3, -0.25) is 9.59 Å². The van der Waals surface area contributed by atoms with Gasteiger partial charge in [-0.1, -0.05) is 48.0 Å². The summed E-state index contributed by atoms with van der Waals surface area (Å²) in [4.78, 5) is 26.1. The van der Waals surface area contributed by atoms with Gasteiger partial charge in [0.2, 0.25) is 0 Å². The quantitative estimate of drug-likeness (QED) is 0.325. The van der Waals surface area contributed by atoms with Crippen molar-refractivity contribution in [3.63, 3.8) is 0 Å². The van der Waals surface area contributed by atoms with Crippen LogP contribution >= 0.6 is 9.12 Å². The zero-order valence-corrected chi connectivity index (χ0v) is 18.4. The van der Waals surface area contributed by atoms with Gasteiger partial charge in [-0.25, -0.2) is 0 Å². The molecule has 0 heterocycles. The van der Waals surface area contributed by atoms with Gasteiger partial charge in [-0.05, 0) is 58.2 Å². The molecular formula is C22H29O4P. The van der Waals surface area contributed by atoms with E-state index in [0.29, 0.717) is 20.2 Å². The Labute approximate surface area is 163 Å². The van der Waals surface area contributed by atoms with E-state index in [1.165, 1.54) is 0 Å². The molecule has 0 radical (unpaired) electrons. The van der Waals surface area contributed by atoms with Crippen LogP contribution in [0.15, 0.2) is 42.5 Å². The summed E-state index contributed by atoms with van der Waals surface area (Å²) >= 11 is 0. The highest BCUT2D eigenvalue weighted by atomic mass is 31.0. The van der Waals surface area contributed by atoms with E-state index in [2.05, 4.69) is 0 Å². The number of Topliss-reactive ketones (excluding diaryl/α,β-unsaturated/α-hetero) is 1.